The summed E-state index contributed by atoms with van der Waals surface area (Å²) >= 11 is 0. The zero-order valence-electron chi connectivity index (χ0n) is 15.0. The minimum atomic E-state index is -2.09. The number of rotatable bonds is 7. The van der Waals surface area contributed by atoms with Gasteiger partial charge in [0.05, 0.1) is 0 Å². The van der Waals surface area contributed by atoms with Crippen LogP contribution in [0.5, 0.6) is 0 Å². The lowest BCUT2D eigenvalue weighted by molar-refractivity contribution is -0.158. The van der Waals surface area contributed by atoms with Crippen LogP contribution < -0.4 is 0 Å². The summed E-state index contributed by atoms with van der Waals surface area (Å²) < 4.78 is 0. The van der Waals surface area contributed by atoms with E-state index in [1.807, 2.05) is 0 Å². The van der Waals surface area contributed by atoms with Gasteiger partial charge in [0.25, 0.3) is 0 Å². The third-order valence-electron chi connectivity index (χ3n) is 4.97. The third-order valence-corrected chi connectivity index (χ3v) is 4.97. The molecule has 28 heavy (non-hydrogen) atoms. The fourth-order valence-electron chi connectivity index (χ4n) is 2.67. The van der Waals surface area contributed by atoms with Crippen LogP contribution in [-0.4, -0.2) is 44.3 Å². The highest BCUT2D eigenvalue weighted by molar-refractivity contribution is 6.05. The maximum Gasteiger partial charge on any atom is 0.325 e. The maximum atomic E-state index is 11.4. The molecule has 2 aromatic carbocycles. The van der Waals surface area contributed by atoms with Gasteiger partial charge in [0.2, 0.25) is 0 Å². The third kappa shape index (κ3) is 3.20. The molecule has 0 aromatic heterocycles. The van der Waals surface area contributed by atoms with Crippen LogP contribution in [0.25, 0.3) is 11.1 Å². The number of hydrogen-bond acceptors (Lipinski definition) is 4. The smallest absolute Gasteiger partial charge is 0.325 e. The van der Waals surface area contributed by atoms with E-state index < -0.39 is 34.7 Å². The van der Waals surface area contributed by atoms with Crippen molar-refractivity contribution in [3.63, 3.8) is 0 Å². The SMILES string of the molecule is CC(C(=O)O)(C(=O)O)c1ccc(-c2ccc(C(C)(C(=O)O)C(=O)O)cc2)cc1. The van der Waals surface area contributed by atoms with Gasteiger partial charge in [-0.15, -0.1) is 0 Å². The molecular formula is C20H18O8. The molecule has 2 aromatic rings. The lowest BCUT2D eigenvalue weighted by atomic mass is 9.81. The average Bonchev–Trinajstić information content (AvgIpc) is 2.66. The topological polar surface area (TPSA) is 149 Å². The molecule has 0 spiro atoms. The fourth-order valence-corrected chi connectivity index (χ4v) is 2.67. The van der Waals surface area contributed by atoms with Gasteiger partial charge in [-0.2, -0.15) is 0 Å². The van der Waals surface area contributed by atoms with E-state index in [0.717, 1.165) is 13.8 Å². The van der Waals surface area contributed by atoms with Crippen molar-refractivity contribution in [1.82, 2.24) is 0 Å². The second-order valence-corrected chi connectivity index (χ2v) is 6.63. The van der Waals surface area contributed by atoms with Crippen molar-refractivity contribution in [2.45, 2.75) is 24.7 Å². The lowest BCUT2D eigenvalue weighted by Crippen LogP contribution is -2.40. The first-order valence-corrected chi connectivity index (χ1v) is 8.10. The Hall–Kier alpha value is -3.68. The van der Waals surface area contributed by atoms with Gasteiger partial charge in [-0.3, -0.25) is 19.2 Å². The molecule has 0 aliphatic heterocycles. The second-order valence-electron chi connectivity index (χ2n) is 6.63. The summed E-state index contributed by atoms with van der Waals surface area (Å²) in [6.07, 6.45) is 0. The van der Waals surface area contributed by atoms with Crippen LogP contribution in [0.3, 0.4) is 0 Å². The minimum absolute atomic E-state index is 0.0946. The van der Waals surface area contributed by atoms with Crippen molar-refractivity contribution >= 4 is 23.9 Å². The first kappa shape index (κ1) is 20.6. The molecule has 8 nitrogen and oxygen atoms in total. The molecule has 0 amide bonds. The van der Waals surface area contributed by atoms with Gasteiger partial charge < -0.3 is 20.4 Å². The average molecular weight is 386 g/mol. The Morgan fingerprint density at radius 1 is 0.536 bits per heavy atom. The van der Waals surface area contributed by atoms with E-state index in [2.05, 4.69) is 0 Å². The first-order valence-electron chi connectivity index (χ1n) is 8.10. The predicted octanol–water partition coefficient (Wildman–Crippen LogP) is 2.21. The fraction of sp³-hybridized carbons (Fsp3) is 0.200. The highest BCUT2D eigenvalue weighted by Gasteiger charge is 2.44. The second kappa shape index (κ2) is 7.15. The summed E-state index contributed by atoms with van der Waals surface area (Å²) in [4.78, 5) is 45.5. The van der Waals surface area contributed by atoms with E-state index in [1.54, 1.807) is 24.3 Å². The summed E-state index contributed by atoms with van der Waals surface area (Å²) in [6.45, 7) is 2.19. The Morgan fingerprint density at radius 3 is 0.929 bits per heavy atom. The Bertz CT molecular complexity index is 834. The molecule has 0 bridgehead atoms. The predicted molar refractivity (Wildman–Crippen MR) is 97.1 cm³/mol. The van der Waals surface area contributed by atoms with Crippen molar-refractivity contribution in [2.24, 2.45) is 0 Å². The van der Waals surface area contributed by atoms with Gasteiger partial charge >= 0.3 is 23.9 Å². The van der Waals surface area contributed by atoms with Crippen molar-refractivity contribution in [3.05, 3.63) is 59.7 Å². The van der Waals surface area contributed by atoms with Crippen LogP contribution in [0.4, 0.5) is 0 Å². The largest absolute Gasteiger partial charge is 0.480 e. The monoisotopic (exact) mass is 386 g/mol. The highest BCUT2D eigenvalue weighted by atomic mass is 16.4. The molecule has 0 saturated carbocycles. The van der Waals surface area contributed by atoms with Crippen molar-refractivity contribution < 1.29 is 39.6 Å². The van der Waals surface area contributed by atoms with Gasteiger partial charge in [0.15, 0.2) is 10.8 Å². The quantitative estimate of drug-likeness (QED) is 0.529. The van der Waals surface area contributed by atoms with Crippen LogP contribution in [0.15, 0.2) is 48.5 Å². The summed E-state index contributed by atoms with van der Waals surface area (Å²) in [5, 5.41) is 37.0. The molecule has 0 saturated heterocycles. The summed E-state index contributed by atoms with van der Waals surface area (Å²) in [6, 6.07) is 11.7. The van der Waals surface area contributed by atoms with Gasteiger partial charge in [0, 0.05) is 0 Å². The molecular weight excluding hydrogens is 368 g/mol. The molecule has 0 atom stereocenters. The van der Waals surface area contributed by atoms with Crippen molar-refractivity contribution in [3.8, 4) is 11.1 Å². The Balaban J connectivity index is 2.40. The van der Waals surface area contributed by atoms with Gasteiger partial charge in [-0.05, 0) is 36.1 Å². The number of carboxylic acid groups (broad SMARTS) is 4. The normalized spacial score (nSPS) is 11.6. The number of aliphatic carboxylic acids is 4. The number of benzene rings is 2. The Morgan fingerprint density at radius 2 is 0.750 bits per heavy atom. The van der Waals surface area contributed by atoms with Crippen molar-refractivity contribution in [1.29, 1.82) is 0 Å². The highest BCUT2D eigenvalue weighted by Crippen LogP contribution is 2.30. The molecule has 0 aliphatic carbocycles. The molecule has 146 valence electrons. The maximum absolute atomic E-state index is 11.4. The van der Waals surface area contributed by atoms with Crippen LogP contribution in [0.1, 0.15) is 25.0 Å². The molecule has 0 radical (unpaired) electrons. The summed E-state index contributed by atoms with van der Waals surface area (Å²) in [7, 11) is 0. The van der Waals surface area contributed by atoms with Crippen LogP contribution in [0, 0.1) is 0 Å². The molecule has 0 unspecified atom stereocenters. The molecule has 8 heteroatoms. The zero-order chi connectivity index (χ0) is 21.3. The lowest BCUT2D eigenvalue weighted by Gasteiger charge is -2.21. The molecule has 4 N–H and O–H groups in total. The number of carboxylic acids is 4. The van der Waals surface area contributed by atoms with Gasteiger partial charge in [-0.25, -0.2) is 0 Å². The molecule has 0 fully saturated rings. The van der Waals surface area contributed by atoms with E-state index in [-0.39, 0.29) is 11.1 Å². The standard InChI is InChI=1S/C20H18O8/c1-19(15(21)22,16(23)24)13-7-3-11(4-8-13)12-5-9-14(10-6-12)20(2,17(25)26)18(27)28/h3-10H,1-2H3,(H,21,22)(H,23,24)(H,25,26)(H,27,28). The van der Waals surface area contributed by atoms with E-state index >= 15 is 0 Å². The van der Waals surface area contributed by atoms with Gasteiger partial charge in [0.1, 0.15) is 0 Å². The minimum Gasteiger partial charge on any atom is -0.480 e. The van der Waals surface area contributed by atoms with E-state index in [1.165, 1.54) is 24.3 Å². The zero-order valence-corrected chi connectivity index (χ0v) is 15.0. The molecule has 2 rings (SSSR count). The Labute approximate surface area is 159 Å². The first-order chi connectivity index (χ1) is 13.0. The van der Waals surface area contributed by atoms with Crippen LogP contribution >= 0.6 is 0 Å². The van der Waals surface area contributed by atoms with Crippen LogP contribution in [0.2, 0.25) is 0 Å². The van der Waals surface area contributed by atoms with E-state index in [9.17, 15) is 39.6 Å². The molecule has 0 heterocycles. The van der Waals surface area contributed by atoms with E-state index in [4.69, 9.17) is 0 Å². The molecule has 0 aliphatic rings. The van der Waals surface area contributed by atoms with Crippen LogP contribution in [-0.2, 0) is 30.0 Å². The number of carbonyl (C=O) groups is 4. The number of hydrogen-bond donors (Lipinski definition) is 4. The summed E-state index contributed by atoms with van der Waals surface area (Å²) in [5.41, 5.74) is -2.74. The summed E-state index contributed by atoms with van der Waals surface area (Å²) in [5.74, 6) is -5.95. The van der Waals surface area contributed by atoms with E-state index in [0.29, 0.717) is 11.1 Å². The van der Waals surface area contributed by atoms with Gasteiger partial charge in [-0.1, -0.05) is 48.5 Å². The van der Waals surface area contributed by atoms with Crippen molar-refractivity contribution in [2.75, 3.05) is 0 Å². The Kier molecular flexibility index (Phi) is 5.27.